The van der Waals surface area contributed by atoms with E-state index in [9.17, 15) is 13.2 Å². The van der Waals surface area contributed by atoms with Gasteiger partial charge in [0, 0.05) is 6.20 Å². The Morgan fingerprint density at radius 3 is 1.95 bits per heavy atom. The van der Waals surface area contributed by atoms with Crippen LogP contribution in [0.25, 0.3) is 0 Å². The number of benzene rings is 1. The fourth-order valence-corrected chi connectivity index (χ4v) is 1.60. The van der Waals surface area contributed by atoms with Crippen molar-refractivity contribution < 1.29 is 17.8 Å². The molecular formula is C12H12N2O4S. The van der Waals surface area contributed by atoms with E-state index in [0.29, 0.717) is 5.69 Å². The van der Waals surface area contributed by atoms with Crippen LogP contribution in [-0.4, -0.2) is 23.9 Å². The van der Waals surface area contributed by atoms with Crippen molar-refractivity contribution in [3.05, 3.63) is 60.4 Å². The monoisotopic (exact) mass is 280 g/mol. The summed E-state index contributed by atoms with van der Waals surface area (Å²) in [5, 5.41) is 0. The van der Waals surface area contributed by atoms with Gasteiger partial charge in [0.1, 0.15) is 5.69 Å². The molecule has 2 aromatic rings. The number of hydrogen-bond donors (Lipinski definition) is 2. The quantitative estimate of drug-likeness (QED) is 0.801. The second-order valence-electron chi connectivity index (χ2n) is 3.37. The highest BCUT2D eigenvalue weighted by Crippen LogP contribution is 2.05. The highest BCUT2D eigenvalue weighted by molar-refractivity contribution is 7.85. The van der Waals surface area contributed by atoms with Gasteiger partial charge in [-0.1, -0.05) is 24.3 Å². The number of amides is 1. The van der Waals surface area contributed by atoms with Crippen LogP contribution in [0.15, 0.2) is 59.6 Å². The van der Waals surface area contributed by atoms with Crippen molar-refractivity contribution in [1.29, 1.82) is 0 Å². The van der Waals surface area contributed by atoms with E-state index in [1.165, 1.54) is 18.3 Å². The third-order valence-electron chi connectivity index (χ3n) is 1.96. The highest BCUT2D eigenvalue weighted by atomic mass is 32.2. The molecule has 0 fully saturated rings. The SMILES string of the molecule is NC(=O)c1ccccn1.O=S(=O)(O)c1ccccc1. The van der Waals surface area contributed by atoms with E-state index in [-0.39, 0.29) is 4.90 Å². The van der Waals surface area contributed by atoms with E-state index in [0.717, 1.165) is 0 Å². The molecule has 0 aliphatic carbocycles. The Morgan fingerprint density at radius 1 is 1.05 bits per heavy atom. The highest BCUT2D eigenvalue weighted by Gasteiger charge is 2.05. The Bertz CT molecular complexity index is 627. The first-order chi connectivity index (χ1) is 8.91. The first kappa shape index (κ1) is 14.8. The molecule has 0 saturated carbocycles. The van der Waals surface area contributed by atoms with Crippen LogP contribution < -0.4 is 5.73 Å². The summed E-state index contributed by atoms with van der Waals surface area (Å²) in [6.07, 6.45) is 1.53. The van der Waals surface area contributed by atoms with Crippen LogP contribution in [0.5, 0.6) is 0 Å². The number of pyridine rings is 1. The summed E-state index contributed by atoms with van der Waals surface area (Å²) in [5.41, 5.74) is 5.22. The molecule has 1 aromatic heterocycles. The molecule has 0 aliphatic rings. The van der Waals surface area contributed by atoms with E-state index >= 15 is 0 Å². The molecule has 1 heterocycles. The first-order valence-electron chi connectivity index (χ1n) is 5.14. The molecular weight excluding hydrogens is 268 g/mol. The molecule has 0 spiro atoms. The smallest absolute Gasteiger partial charge is 0.294 e. The lowest BCUT2D eigenvalue weighted by atomic mass is 10.3. The second-order valence-corrected chi connectivity index (χ2v) is 4.79. The summed E-state index contributed by atoms with van der Waals surface area (Å²) in [7, 11) is -4.00. The second kappa shape index (κ2) is 6.62. The number of carbonyl (C=O) groups is 1. The number of hydrogen-bond acceptors (Lipinski definition) is 4. The molecule has 0 atom stereocenters. The van der Waals surface area contributed by atoms with Gasteiger partial charge in [0.2, 0.25) is 0 Å². The first-order valence-corrected chi connectivity index (χ1v) is 6.58. The van der Waals surface area contributed by atoms with E-state index in [4.69, 9.17) is 10.3 Å². The van der Waals surface area contributed by atoms with Crippen molar-refractivity contribution in [3.8, 4) is 0 Å². The van der Waals surface area contributed by atoms with Crippen LogP contribution in [0.3, 0.4) is 0 Å². The summed E-state index contributed by atoms with van der Waals surface area (Å²) in [6.45, 7) is 0. The molecule has 0 saturated heterocycles. The molecule has 3 N–H and O–H groups in total. The topological polar surface area (TPSA) is 110 Å². The summed E-state index contributed by atoms with van der Waals surface area (Å²) in [6, 6.07) is 12.4. The van der Waals surface area contributed by atoms with Gasteiger partial charge < -0.3 is 5.73 Å². The van der Waals surface area contributed by atoms with E-state index in [1.807, 2.05) is 0 Å². The van der Waals surface area contributed by atoms with Crippen LogP contribution in [0.1, 0.15) is 10.5 Å². The minimum absolute atomic E-state index is 0.0741. The molecule has 0 unspecified atom stereocenters. The predicted molar refractivity (Wildman–Crippen MR) is 69.0 cm³/mol. The molecule has 0 bridgehead atoms. The fourth-order valence-electron chi connectivity index (χ4n) is 1.10. The lowest BCUT2D eigenvalue weighted by molar-refractivity contribution is 0.0995. The number of nitrogens with zero attached hydrogens (tertiary/aromatic N) is 1. The molecule has 1 aromatic carbocycles. The molecule has 1 amide bonds. The molecule has 19 heavy (non-hydrogen) atoms. The van der Waals surface area contributed by atoms with Crippen LogP contribution >= 0.6 is 0 Å². The minimum Gasteiger partial charge on any atom is -0.364 e. The van der Waals surface area contributed by atoms with Crippen molar-refractivity contribution in [1.82, 2.24) is 4.98 Å². The Morgan fingerprint density at radius 2 is 1.63 bits per heavy atom. The molecule has 100 valence electrons. The maximum Gasteiger partial charge on any atom is 0.294 e. The third kappa shape index (κ3) is 5.28. The van der Waals surface area contributed by atoms with Gasteiger partial charge in [-0.15, -0.1) is 0 Å². The van der Waals surface area contributed by atoms with Crippen molar-refractivity contribution in [3.63, 3.8) is 0 Å². The summed E-state index contributed by atoms with van der Waals surface area (Å²) in [5.74, 6) is -0.490. The normalized spacial score (nSPS) is 10.2. The molecule has 7 heteroatoms. The van der Waals surface area contributed by atoms with Crippen LogP contribution in [-0.2, 0) is 10.1 Å². The predicted octanol–water partition coefficient (Wildman–Crippen LogP) is 1.11. The fraction of sp³-hybridized carbons (Fsp3) is 0. The average molecular weight is 280 g/mol. The van der Waals surface area contributed by atoms with Gasteiger partial charge in [0.05, 0.1) is 4.90 Å². The van der Waals surface area contributed by atoms with Gasteiger partial charge in [-0.05, 0) is 24.3 Å². The largest absolute Gasteiger partial charge is 0.364 e. The Hall–Kier alpha value is -2.25. The Kier molecular flexibility index (Phi) is 5.16. The molecule has 2 rings (SSSR count). The Labute approximate surface area is 110 Å². The van der Waals surface area contributed by atoms with Crippen molar-refractivity contribution in [2.24, 2.45) is 5.73 Å². The summed E-state index contributed by atoms with van der Waals surface area (Å²) in [4.78, 5) is 14.0. The van der Waals surface area contributed by atoms with Crippen LogP contribution in [0, 0.1) is 0 Å². The van der Waals surface area contributed by atoms with Gasteiger partial charge >= 0.3 is 0 Å². The molecule has 0 aliphatic heterocycles. The lowest BCUT2D eigenvalue weighted by Crippen LogP contribution is -2.12. The zero-order valence-electron chi connectivity index (χ0n) is 9.80. The van der Waals surface area contributed by atoms with Gasteiger partial charge in [0.15, 0.2) is 0 Å². The Balaban J connectivity index is 0.000000191. The van der Waals surface area contributed by atoms with Crippen LogP contribution in [0.2, 0.25) is 0 Å². The standard InChI is InChI=1S/C6H6N2O.C6H6O3S/c7-6(9)5-3-1-2-4-8-5;7-10(8,9)6-4-2-1-3-5-6/h1-4H,(H2,7,9);1-5H,(H,7,8,9). The van der Waals surface area contributed by atoms with Gasteiger partial charge in [0.25, 0.3) is 16.0 Å². The van der Waals surface area contributed by atoms with Crippen LogP contribution in [0.4, 0.5) is 0 Å². The average Bonchev–Trinajstić information content (AvgIpc) is 2.40. The maximum atomic E-state index is 10.4. The van der Waals surface area contributed by atoms with E-state index in [2.05, 4.69) is 4.98 Å². The van der Waals surface area contributed by atoms with Gasteiger partial charge in [-0.25, -0.2) is 0 Å². The maximum absolute atomic E-state index is 10.4. The van der Waals surface area contributed by atoms with Gasteiger partial charge in [-0.2, -0.15) is 8.42 Å². The number of aromatic nitrogens is 1. The van der Waals surface area contributed by atoms with E-state index < -0.39 is 16.0 Å². The number of rotatable bonds is 2. The number of carbonyl (C=O) groups excluding carboxylic acids is 1. The molecule has 0 radical (unpaired) electrons. The lowest BCUT2D eigenvalue weighted by Gasteiger charge is -1.92. The third-order valence-corrected chi connectivity index (χ3v) is 2.83. The van der Waals surface area contributed by atoms with Gasteiger partial charge in [-0.3, -0.25) is 14.3 Å². The minimum atomic E-state index is -4.00. The number of nitrogens with two attached hydrogens (primary N) is 1. The zero-order chi connectivity index (χ0) is 14.3. The molecule has 6 nitrogen and oxygen atoms in total. The number of primary amides is 1. The van der Waals surface area contributed by atoms with Crippen molar-refractivity contribution in [2.45, 2.75) is 4.90 Å². The summed E-state index contributed by atoms with van der Waals surface area (Å²) >= 11 is 0. The zero-order valence-corrected chi connectivity index (χ0v) is 10.6. The van der Waals surface area contributed by atoms with Crippen molar-refractivity contribution >= 4 is 16.0 Å². The van der Waals surface area contributed by atoms with Crippen molar-refractivity contribution in [2.75, 3.05) is 0 Å². The summed E-state index contributed by atoms with van der Waals surface area (Å²) < 4.78 is 29.2. The van der Waals surface area contributed by atoms with E-state index in [1.54, 1.807) is 36.4 Å².